The van der Waals surface area contributed by atoms with E-state index in [1.165, 1.54) is 25.3 Å². The van der Waals surface area contributed by atoms with E-state index >= 15 is 0 Å². The monoisotopic (exact) mass is 425 g/mol. The summed E-state index contributed by atoms with van der Waals surface area (Å²) in [6.07, 6.45) is 0. The van der Waals surface area contributed by atoms with Crippen molar-refractivity contribution < 1.29 is 22.7 Å². The molecule has 0 aliphatic carbocycles. The molecule has 0 aliphatic heterocycles. The fourth-order valence-electron chi connectivity index (χ4n) is 2.18. The Morgan fingerprint density at radius 2 is 1.75 bits per heavy atom. The normalized spacial score (nSPS) is 10.9. The summed E-state index contributed by atoms with van der Waals surface area (Å²) in [6.45, 7) is -0.166. The number of benzene rings is 2. The number of amides is 2. The highest BCUT2D eigenvalue weighted by Gasteiger charge is 2.13. The number of methoxy groups -OCH3 is 1. The van der Waals surface area contributed by atoms with Crippen LogP contribution in [0.1, 0.15) is 10.4 Å². The maximum atomic E-state index is 12.1. The highest BCUT2D eigenvalue weighted by molar-refractivity contribution is 7.89. The second-order valence-electron chi connectivity index (χ2n) is 5.62. The van der Waals surface area contributed by atoms with Gasteiger partial charge < -0.3 is 15.4 Å². The Balaban J connectivity index is 1.72. The molecule has 0 saturated heterocycles. The number of sulfonamides is 1. The molecule has 0 bridgehead atoms. The van der Waals surface area contributed by atoms with E-state index in [-0.39, 0.29) is 24.5 Å². The topological polar surface area (TPSA) is 114 Å². The number of carbonyl (C=O) groups excluding carboxylic acids is 2. The smallest absolute Gasteiger partial charge is 0.251 e. The quantitative estimate of drug-likeness (QED) is 0.522. The van der Waals surface area contributed by atoms with E-state index in [2.05, 4.69) is 15.4 Å². The summed E-state index contributed by atoms with van der Waals surface area (Å²) in [5, 5.41) is 5.39. The molecule has 0 unspecified atom stereocenters. The fraction of sp³-hybridized carbons (Fsp3) is 0.222. The summed E-state index contributed by atoms with van der Waals surface area (Å²) in [6, 6.07) is 12.3. The van der Waals surface area contributed by atoms with Crippen molar-refractivity contribution in [1.29, 1.82) is 0 Å². The first kappa shape index (κ1) is 21.7. The summed E-state index contributed by atoms with van der Waals surface area (Å²) in [7, 11) is -2.20. The minimum absolute atomic E-state index is 0.00232. The molecule has 0 aromatic heterocycles. The predicted molar refractivity (Wildman–Crippen MR) is 105 cm³/mol. The lowest BCUT2D eigenvalue weighted by Gasteiger charge is -2.09. The summed E-state index contributed by atoms with van der Waals surface area (Å²) in [5.41, 5.74) is 0.340. The van der Waals surface area contributed by atoms with Gasteiger partial charge in [0.15, 0.2) is 0 Å². The van der Waals surface area contributed by atoms with Crippen LogP contribution < -0.4 is 20.1 Å². The van der Waals surface area contributed by atoms with E-state index in [1.54, 1.807) is 30.3 Å². The molecule has 28 heavy (non-hydrogen) atoms. The average molecular weight is 426 g/mol. The minimum atomic E-state index is -3.69. The van der Waals surface area contributed by atoms with E-state index in [1.807, 2.05) is 0 Å². The van der Waals surface area contributed by atoms with E-state index in [0.29, 0.717) is 16.3 Å². The number of rotatable bonds is 9. The first-order valence-electron chi connectivity index (χ1n) is 8.26. The molecule has 2 aromatic rings. The number of hydrogen-bond acceptors (Lipinski definition) is 5. The molecule has 0 fully saturated rings. The molecule has 0 atom stereocenters. The maximum Gasteiger partial charge on any atom is 0.251 e. The van der Waals surface area contributed by atoms with Crippen molar-refractivity contribution in [1.82, 2.24) is 15.4 Å². The Bertz CT molecular complexity index is 932. The molecule has 0 radical (unpaired) electrons. The first-order valence-corrected chi connectivity index (χ1v) is 10.1. The molecule has 2 rings (SSSR count). The second kappa shape index (κ2) is 10.1. The van der Waals surface area contributed by atoms with Crippen molar-refractivity contribution in [2.24, 2.45) is 0 Å². The van der Waals surface area contributed by atoms with Gasteiger partial charge in [-0.2, -0.15) is 0 Å². The first-order chi connectivity index (χ1) is 13.3. The fourth-order valence-corrected chi connectivity index (χ4v) is 3.40. The van der Waals surface area contributed by atoms with Crippen LogP contribution in [0.4, 0.5) is 0 Å². The highest BCUT2D eigenvalue weighted by atomic mass is 35.5. The summed E-state index contributed by atoms with van der Waals surface area (Å²) in [5.74, 6) is -0.331. The third-order valence-electron chi connectivity index (χ3n) is 3.61. The van der Waals surface area contributed by atoms with Crippen LogP contribution in [0.5, 0.6) is 5.75 Å². The van der Waals surface area contributed by atoms with Crippen molar-refractivity contribution in [3.8, 4) is 5.75 Å². The van der Waals surface area contributed by atoms with E-state index in [9.17, 15) is 18.0 Å². The van der Waals surface area contributed by atoms with Gasteiger partial charge in [-0.05, 0) is 42.5 Å². The van der Waals surface area contributed by atoms with Gasteiger partial charge in [-0.3, -0.25) is 9.59 Å². The van der Waals surface area contributed by atoms with Gasteiger partial charge in [0, 0.05) is 23.7 Å². The van der Waals surface area contributed by atoms with Crippen LogP contribution in [0.3, 0.4) is 0 Å². The SMILES string of the molecule is COc1ccc(S(=O)(=O)NCCNC(=O)CNC(=O)c2cccc(Cl)c2)cc1. The molecule has 2 aromatic carbocycles. The molecule has 3 N–H and O–H groups in total. The predicted octanol–water partition coefficient (Wildman–Crippen LogP) is 1.17. The van der Waals surface area contributed by atoms with Crippen LogP contribution in [0.15, 0.2) is 53.4 Å². The number of ether oxygens (including phenoxy) is 1. The van der Waals surface area contributed by atoms with E-state index < -0.39 is 21.8 Å². The molecular weight excluding hydrogens is 406 g/mol. The van der Waals surface area contributed by atoms with Crippen LogP contribution in [-0.4, -0.2) is 47.0 Å². The summed E-state index contributed by atoms with van der Waals surface area (Å²) in [4.78, 5) is 23.8. The standard InChI is InChI=1S/C18H20ClN3O5S/c1-27-15-5-7-16(8-6-15)28(25,26)22-10-9-20-17(23)12-21-18(24)13-3-2-4-14(19)11-13/h2-8,11,22H,9-10,12H2,1H3,(H,20,23)(H,21,24). The summed E-state index contributed by atoms with van der Waals surface area (Å²) < 4.78 is 31.6. The zero-order chi connectivity index (χ0) is 20.6. The van der Waals surface area contributed by atoms with Crippen molar-refractivity contribution in [2.45, 2.75) is 4.90 Å². The van der Waals surface area contributed by atoms with Gasteiger partial charge in [0.25, 0.3) is 5.91 Å². The molecule has 0 saturated carbocycles. The number of nitrogens with one attached hydrogen (secondary N) is 3. The number of carbonyl (C=O) groups is 2. The second-order valence-corrected chi connectivity index (χ2v) is 7.82. The molecule has 150 valence electrons. The van der Waals surface area contributed by atoms with Gasteiger partial charge in [-0.25, -0.2) is 13.1 Å². The van der Waals surface area contributed by atoms with Gasteiger partial charge in [-0.15, -0.1) is 0 Å². The zero-order valence-corrected chi connectivity index (χ0v) is 16.6. The molecule has 10 heteroatoms. The van der Waals surface area contributed by atoms with E-state index in [4.69, 9.17) is 16.3 Å². The molecule has 8 nitrogen and oxygen atoms in total. The van der Waals surface area contributed by atoms with Crippen molar-refractivity contribution in [2.75, 3.05) is 26.7 Å². The Labute approximate surface area is 168 Å². The minimum Gasteiger partial charge on any atom is -0.497 e. The van der Waals surface area contributed by atoms with Gasteiger partial charge in [0.2, 0.25) is 15.9 Å². The Hall–Kier alpha value is -2.62. The van der Waals surface area contributed by atoms with Gasteiger partial charge >= 0.3 is 0 Å². The molecule has 0 heterocycles. The Morgan fingerprint density at radius 3 is 2.39 bits per heavy atom. The van der Waals surface area contributed by atoms with Gasteiger partial charge in [0.1, 0.15) is 5.75 Å². The van der Waals surface area contributed by atoms with Crippen molar-refractivity contribution in [3.05, 3.63) is 59.1 Å². The van der Waals surface area contributed by atoms with Crippen molar-refractivity contribution >= 4 is 33.4 Å². The largest absolute Gasteiger partial charge is 0.497 e. The molecular formula is C18H20ClN3O5S. The third-order valence-corrected chi connectivity index (χ3v) is 5.32. The zero-order valence-electron chi connectivity index (χ0n) is 15.1. The van der Waals surface area contributed by atoms with Crippen molar-refractivity contribution in [3.63, 3.8) is 0 Å². The van der Waals surface area contributed by atoms with Crippen LogP contribution in [0, 0.1) is 0 Å². The molecule has 0 spiro atoms. The third kappa shape index (κ3) is 6.52. The lowest BCUT2D eigenvalue weighted by Crippen LogP contribution is -2.40. The van der Waals surface area contributed by atoms with Crippen LogP contribution in [0.2, 0.25) is 5.02 Å². The molecule has 2 amide bonds. The maximum absolute atomic E-state index is 12.1. The average Bonchev–Trinajstić information content (AvgIpc) is 2.69. The Kier molecular flexibility index (Phi) is 7.80. The lowest BCUT2D eigenvalue weighted by atomic mass is 10.2. The summed E-state index contributed by atoms with van der Waals surface area (Å²) >= 11 is 5.81. The van der Waals surface area contributed by atoms with E-state index in [0.717, 1.165) is 0 Å². The number of hydrogen-bond donors (Lipinski definition) is 3. The Morgan fingerprint density at radius 1 is 1.04 bits per heavy atom. The lowest BCUT2D eigenvalue weighted by molar-refractivity contribution is -0.120. The van der Waals surface area contributed by atoms with Crippen LogP contribution in [-0.2, 0) is 14.8 Å². The van der Waals surface area contributed by atoms with Crippen LogP contribution >= 0.6 is 11.6 Å². The van der Waals surface area contributed by atoms with Gasteiger partial charge in [-0.1, -0.05) is 17.7 Å². The van der Waals surface area contributed by atoms with Crippen LogP contribution in [0.25, 0.3) is 0 Å². The van der Waals surface area contributed by atoms with Gasteiger partial charge in [0.05, 0.1) is 18.6 Å². The molecule has 0 aliphatic rings. The number of halogens is 1. The highest BCUT2D eigenvalue weighted by Crippen LogP contribution is 2.15.